The lowest BCUT2D eigenvalue weighted by Gasteiger charge is -2.31. The molecule has 0 spiro atoms. The molecule has 142 valence electrons. The minimum absolute atomic E-state index is 0.588. The van der Waals surface area contributed by atoms with E-state index in [9.17, 15) is 0 Å². The molecule has 0 radical (unpaired) electrons. The summed E-state index contributed by atoms with van der Waals surface area (Å²) in [5.74, 6) is 2.20. The molecule has 5 heteroatoms. The van der Waals surface area contributed by atoms with Crippen LogP contribution in [0.15, 0.2) is 36.4 Å². The predicted octanol–water partition coefficient (Wildman–Crippen LogP) is 5.00. The number of aromatic nitrogens is 1. The van der Waals surface area contributed by atoms with Gasteiger partial charge in [-0.1, -0.05) is 12.1 Å². The number of methoxy groups -OCH3 is 2. The highest BCUT2D eigenvalue weighted by Gasteiger charge is 2.24. The molecule has 1 fully saturated rings. The molecule has 2 heterocycles. The maximum atomic E-state index is 5.47. The van der Waals surface area contributed by atoms with Crippen LogP contribution in [0.4, 0.5) is 0 Å². The van der Waals surface area contributed by atoms with E-state index in [4.69, 9.17) is 14.5 Å². The van der Waals surface area contributed by atoms with E-state index in [0.29, 0.717) is 5.92 Å². The molecular weight excluding hydrogens is 356 g/mol. The van der Waals surface area contributed by atoms with Crippen molar-refractivity contribution in [2.75, 3.05) is 27.3 Å². The van der Waals surface area contributed by atoms with E-state index in [-0.39, 0.29) is 0 Å². The van der Waals surface area contributed by atoms with Gasteiger partial charge in [0.2, 0.25) is 0 Å². The zero-order chi connectivity index (χ0) is 18.8. The van der Waals surface area contributed by atoms with Crippen molar-refractivity contribution in [3.05, 3.63) is 52.5 Å². The first kappa shape index (κ1) is 18.3. The molecule has 2 aromatic carbocycles. The third-order valence-corrected chi connectivity index (χ3v) is 6.68. The number of hydrogen-bond acceptors (Lipinski definition) is 5. The molecule has 0 amide bonds. The van der Waals surface area contributed by atoms with Crippen LogP contribution in [0.3, 0.4) is 0 Å². The number of hydrogen-bond donors (Lipinski definition) is 0. The second-order valence-corrected chi connectivity index (χ2v) is 8.27. The number of nitrogens with zero attached hydrogens (tertiary/aromatic N) is 2. The molecule has 0 aliphatic carbocycles. The molecule has 0 saturated carbocycles. The number of piperidine rings is 1. The van der Waals surface area contributed by atoms with Gasteiger partial charge in [0.1, 0.15) is 0 Å². The Hall–Kier alpha value is -2.11. The molecule has 0 unspecified atom stereocenters. The second-order valence-electron chi connectivity index (χ2n) is 7.20. The van der Waals surface area contributed by atoms with E-state index < -0.39 is 0 Å². The van der Waals surface area contributed by atoms with Crippen molar-refractivity contribution in [1.29, 1.82) is 0 Å². The average molecular weight is 383 g/mol. The van der Waals surface area contributed by atoms with Gasteiger partial charge >= 0.3 is 0 Å². The highest BCUT2D eigenvalue weighted by Crippen LogP contribution is 2.35. The number of thiazole rings is 1. The number of likely N-dealkylation sites (tertiary alicyclic amines) is 1. The molecule has 4 nitrogen and oxygen atoms in total. The van der Waals surface area contributed by atoms with Crippen molar-refractivity contribution >= 4 is 21.6 Å². The zero-order valence-corrected chi connectivity index (χ0v) is 17.0. The highest BCUT2D eigenvalue weighted by molar-refractivity contribution is 7.18. The number of fused-ring (bicyclic) bond motifs is 1. The van der Waals surface area contributed by atoms with Gasteiger partial charge < -0.3 is 9.47 Å². The third-order valence-electron chi connectivity index (χ3n) is 5.48. The topological polar surface area (TPSA) is 34.6 Å². The number of benzene rings is 2. The van der Waals surface area contributed by atoms with Gasteiger partial charge in [0.05, 0.1) is 29.4 Å². The van der Waals surface area contributed by atoms with Crippen LogP contribution < -0.4 is 9.47 Å². The summed E-state index contributed by atoms with van der Waals surface area (Å²) in [5.41, 5.74) is 3.70. The Morgan fingerprint density at radius 2 is 1.78 bits per heavy atom. The van der Waals surface area contributed by atoms with Crippen LogP contribution in [-0.2, 0) is 6.54 Å². The lowest BCUT2D eigenvalue weighted by Crippen LogP contribution is -2.32. The summed E-state index contributed by atoms with van der Waals surface area (Å²) in [6, 6.07) is 12.6. The number of ether oxygens (including phenoxy) is 2. The first-order chi connectivity index (χ1) is 13.2. The molecule has 4 rings (SSSR count). The van der Waals surface area contributed by atoms with Gasteiger partial charge in [0.25, 0.3) is 0 Å². The quantitative estimate of drug-likeness (QED) is 0.622. The molecule has 1 aliphatic rings. The van der Waals surface area contributed by atoms with Gasteiger partial charge in [0.15, 0.2) is 11.5 Å². The summed E-state index contributed by atoms with van der Waals surface area (Å²) >= 11 is 1.86. The summed E-state index contributed by atoms with van der Waals surface area (Å²) in [4.78, 5) is 7.41. The van der Waals surface area contributed by atoms with E-state index in [0.717, 1.165) is 36.6 Å². The fourth-order valence-electron chi connectivity index (χ4n) is 3.84. The van der Waals surface area contributed by atoms with Crippen molar-refractivity contribution in [2.45, 2.75) is 32.2 Å². The normalized spacial score (nSPS) is 16.0. The molecule has 3 aromatic rings. The Balaban J connectivity index is 1.42. The molecule has 1 aliphatic heterocycles. The molecule has 1 saturated heterocycles. The minimum Gasteiger partial charge on any atom is -0.493 e. The van der Waals surface area contributed by atoms with Crippen LogP contribution in [0.2, 0.25) is 0 Å². The third kappa shape index (κ3) is 3.80. The fourth-order valence-corrected chi connectivity index (χ4v) is 4.97. The molecule has 0 atom stereocenters. The van der Waals surface area contributed by atoms with Crippen LogP contribution in [0, 0.1) is 6.92 Å². The van der Waals surface area contributed by atoms with Gasteiger partial charge in [-0.2, -0.15) is 0 Å². The molecule has 1 aromatic heterocycles. The Labute approximate surface area is 164 Å². The van der Waals surface area contributed by atoms with Crippen LogP contribution in [0.1, 0.15) is 34.9 Å². The summed E-state index contributed by atoms with van der Waals surface area (Å²) < 4.78 is 12.2. The summed E-state index contributed by atoms with van der Waals surface area (Å²) in [6.45, 7) is 5.31. The van der Waals surface area contributed by atoms with Gasteiger partial charge in [-0.15, -0.1) is 11.3 Å². The Morgan fingerprint density at radius 1 is 1.07 bits per heavy atom. The van der Waals surface area contributed by atoms with Crippen molar-refractivity contribution in [3.8, 4) is 11.5 Å². The highest BCUT2D eigenvalue weighted by atomic mass is 32.1. The van der Waals surface area contributed by atoms with Crippen molar-refractivity contribution in [3.63, 3.8) is 0 Å². The Morgan fingerprint density at radius 3 is 2.48 bits per heavy atom. The Kier molecular flexibility index (Phi) is 5.32. The van der Waals surface area contributed by atoms with Gasteiger partial charge in [0, 0.05) is 12.5 Å². The zero-order valence-electron chi connectivity index (χ0n) is 16.2. The maximum absolute atomic E-state index is 5.47. The number of rotatable bonds is 5. The number of aryl methyl sites for hydroxylation is 1. The lowest BCUT2D eigenvalue weighted by atomic mass is 9.96. The summed E-state index contributed by atoms with van der Waals surface area (Å²) in [7, 11) is 3.38. The standard InChI is InChI=1S/C22H26N2O2S/c1-15-12-19(25-2)20(26-3)13-17(15)14-24-10-8-16(9-11-24)22-23-18-6-4-5-7-21(18)27-22/h4-7,12-13,16H,8-11,14H2,1-3H3. The van der Waals surface area contributed by atoms with E-state index in [2.05, 4.69) is 48.2 Å². The van der Waals surface area contributed by atoms with E-state index in [1.807, 2.05) is 11.3 Å². The SMILES string of the molecule is COc1cc(C)c(CN2CCC(c3nc4ccccc4s3)CC2)cc1OC. The molecule has 0 bridgehead atoms. The fraction of sp³-hybridized carbons (Fsp3) is 0.409. The van der Waals surface area contributed by atoms with Crippen LogP contribution >= 0.6 is 11.3 Å². The molecular formula is C22H26N2O2S. The maximum Gasteiger partial charge on any atom is 0.161 e. The largest absolute Gasteiger partial charge is 0.493 e. The Bertz CT molecular complexity index is 896. The first-order valence-corrected chi connectivity index (χ1v) is 10.3. The van der Waals surface area contributed by atoms with Gasteiger partial charge in [-0.3, -0.25) is 4.90 Å². The summed E-state index contributed by atoms with van der Waals surface area (Å²) in [6.07, 6.45) is 2.35. The van der Waals surface area contributed by atoms with E-state index in [1.54, 1.807) is 14.2 Å². The van der Waals surface area contributed by atoms with Crippen molar-refractivity contribution in [1.82, 2.24) is 9.88 Å². The van der Waals surface area contributed by atoms with E-state index >= 15 is 0 Å². The van der Waals surface area contributed by atoms with Gasteiger partial charge in [-0.05, 0) is 68.2 Å². The van der Waals surface area contributed by atoms with Crippen LogP contribution in [0.25, 0.3) is 10.2 Å². The van der Waals surface area contributed by atoms with Gasteiger partial charge in [-0.25, -0.2) is 4.98 Å². The predicted molar refractivity (Wildman–Crippen MR) is 111 cm³/mol. The first-order valence-electron chi connectivity index (χ1n) is 9.47. The average Bonchev–Trinajstić information content (AvgIpc) is 3.14. The number of para-hydroxylation sites is 1. The lowest BCUT2D eigenvalue weighted by molar-refractivity contribution is 0.204. The molecule has 27 heavy (non-hydrogen) atoms. The minimum atomic E-state index is 0.588. The second kappa shape index (κ2) is 7.87. The van der Waals surface area contributed by atoms with Crippen molar-refractivity contribution < 1.29 is 9.47 Å². The summed E-state index contributed by atoms with van der Waals surface area (Å²) in [5, 5.41) is 1.30. The van der Waals surface area contributed by atoms with Crippen molar-refractivity contribution in [2.24, 2.45) is 0 Å². The monoisotopic (exact) mass is 382 g/mol. The smallest absolute Gasteiger partial charge is 0.161 e. The molecule has 0 N–H and O–H groups in total. The van der Waals surface area contributed by atoms with E-state index in [1.165, 1.54) is 33.7 Å². The van der Waals surface area contributed by atoms with Crippen LogP contribution in [-0.4, -0.2) is 37.2 Å². The van der Waals surface area contributed by atoms with Crippen LogP contribution in [0.5, 0.6) is 11.5 Å².